The summed E-state index contributed by atoms with van der Waals surface area (Å²) in [6.07, 6.45) is 2.01. The van der Waals surface area contributed by atoms with Crippen LogP contribution in [0.2, 0.25) is 0 Å². The van der Waals surface area contributed by atoms with E-state index in [-0.39, 0.29) is 11.9 Å². The van der Waals surface area contributed by atoms with Gasteiger partial charge < -0.3 is 9.73 Å². The van der Waals surface area contributed by atoms with E-state index in [4.69, 9.17) is 4.42 Å². The summed E-state index contributed by atoms with van der Waals surface area (Å²) in [5.41, 5.74) is 1.70. The fourth-order valence-corrected chi connectivity index (χ4v) is 2.96. The predicted octanol–water partition coefficient (Wildman–Crippen LogP) is 4.81. The molecule has 0 unspecified atom stereocenters. The van der Waals surface area contributed by atoms with Crippen LogP contribution in [-0.2, 0) is 0 Å². The molecule has 3 heteroatoms. The molecule has 3 aromatic rings. The van der Waals surface area contributed by atoms with Crippen LogP contribution >= 0.6 is 0 Å². The summed E-state index contributed by atoms with van der Waals surface area (Å²) in [5.74, 6) is 0.299. The molecule has 0 aliphatic heterocycles. The quantitative estimate of drug-likeness (QED) is 0.750. The van der Waals surface area contributed by atoms with Crippen molar-refractivity contribution in [3.8, 4) is 0 Å². The maximum atomic E-state index is 12.5. The Balaban J connectivity index is 2.06. The summed E-state index contributed by atoms with van der Waals surface area (Å²) < 4.78 is 5.94. The van der Waals surface area contributed by atoms with Gasteiger partial charge >= 0.3 is 0 Å². The second-order valence-corrected chi connectivity index (χ2v) is 5.88. The Morgan fingerprint density at radius 2 is 1.95 bits per heavy atom. The topological polar surface area (TPSA) is 42.2 Å². The summed E-state index contributed by atoms with van der Waals surface area (Å²) in [5, 5.41) is 6.19. The van der Waals surface area contributed by atoms with Gasteiger partial charge in [-0.05, 0) is 25.7 Å². The molecule has 1 atom stereocenters. The molecule has 0 bridgehead atoms. The number of furan rings is 1. The predicted molar refractivity (Wildman–Crippen MR) is 90.3 cm³/mol. The van der Waals surface area contributed by atoms with Crippen LogP contribution in [0.1, 0.15) is 42.8 Å². The number of carbonyl (C=O) groups excluding carboxylic acids is 1. The molecule has 22 heavy (non-hydrogen) atoms. The number of amides is 1. The van der Waals surface area contributed by atoms with Crippen LogP contribution in [0.15, 0.2) is 40.8 Å². The standard InChI is InChI=1S/C19H21NO2/c1-4-7-12(2)20-19(21)17-13(3)15-11-10-14-8-5-6-9-16(14)18(15)22-17/h5-6,8-12H,4,7H2,1-3H3,(H,20,21)/t12-/m0/s1. The lowest BCUT2D eigenvalue weighted by Crippen LogP contribution is -2.32. The van der Waals surface area contributed by atoms with E-state index in [9.17, 15) is 4.79 Å². The van der Waals surface area contributed by atoms with E-state index in [1.807, 2.05) is 38.1 Å². The Morgan fingerprint density at radius 1 is 1.18 bits per heavy atom. The molecule has 0 aliphatic carbocycles. The van der Waals surface area contributed by atoms with Crippen molar-refractivity contribution < 1.29 is 9.21 Å². The normalized spacial score (nSPS) is 12.7. The number of hydrogen-bond donors (Lipinski definition) is 1. The van der Waals surface area contributed by atoms with Crippen LogP contribution in [0.3, 0.4) is 0 Å². The number of nitrogens with one attached hydrogen (secondary N) is 1. The van der Waals surface area contributed by atoms with Gasteiger partial charge in [-0.1, -0.05) is 49.7 Å². The van der Waals surface area contributed by atoms with Crippen molar-refractivity contribution in [1.82, 2.24) is 5.32 Å². The molecule has 0 radical (unpaired) electrons. The zero-order chi connectivity index (χ0) is 15.7. The third-order valence-electron chi connectivity index (χ3n) is 4.13. The molecule has 114 valence electrons. The van der Waals surface area contributed by atoms with Gasteiger partial charge in [-0.25, -0.2) is 0 Å². The van der Waals surface area contributed by atoms with E-state index in [0.717, 1.165) is 40.1 Å². The first kappa shape index (κ1) is 14.6. The Kier molecular flexibility index (Phi) is 3.88. The van der Waals surface area contributed by atoms with Gasteiger partial charge in [0.2, 0.25) is 0 Å². The van der Waals surface area contributed by atoms with Crippen molar-refractivity contribution in [2.45, 2.75) is 39.7 Å². The van der Waals surface area contributed by atoms with Crippen LogP contribution in [0.4, 0.5) is 0 Å². The Morgan fingerprint density at radius 3 is 2.73 bits per heavy atom. The van der Waals surface area contributed by atoms with E-state index >= 15 is 0 Å². The first-order valence-corrected chi connectivity index (χ1v) is 7.83. The Hall–Kier alpha value is -2.29. The molecule has 2 aromatic carbocycles. The maximum Gasteiger partial charge on any atom is 0.287 e. The van der Waals surface area contributed by atoms with Gasteiger partial charge in [0.1, 0.15) is 5.58 Å². The summed E-state index contributed by atoms with van der Waals surface area (Å²) in [7, 11) is 0. The fraction of sp³-hybridized carbons (Fsp3) is 0.316. The van der Waals surface area contributed by atoms with Crippen molar-refractivity contribution in [3.63, 3.8) is 0 Å². The molecule has 0 fully saturated rings. The molecule has 0 aliphatic rings. The Labute approximate surface area is 130 Å². The lowest BCUT2D eigenvalue weighted by molar-refractivity contribution is 0.0911. The number of aryl methyl sites for hydroxylation is 1. The minimum absolute atomic E-state index is 0.126. The molecule has 3 rings (SSSR count). The lowest BCUT2D eigenvalue weighted by Gasteiger charge is -2.11. The smallest absolute Gasteiger partial charge is 0.287 e. The average Bonchev–Trinajstić information content (AvgIpc) is 2.85. The minimum Gasteiger partial charge on any atom is -0.450 e. The monoisotopic (exact) mass is 295 g/mol. The zero-order valence-corrected chi connectivity index (χ0v) is 13.3. The highest BCUT2D eigenvalue weighted by Gasteiger charge is 2.20. The summed E-state index contributed by atoms with van der Waals surface area (Å²) >= 11 is 0. The lowest BCUT2D eigenvalue weighted by atomic mass is 10.1. The first-order valence-electron chi connectivity index (χ1n) is 7.83. The third-order valence-corrected chi connectivity index (χ3v) is 4.13. The van der Waals surface area contributed by atoms with Gasteiger partial charge in [-0.15, -0.1) is 0 Å². The highest BCUT2D eigenvalue weighted by Crippen LogP contribution is 2.31. The van der Waals surface area contributed by atoms with Crippen LogP contribution in [-0.4, -0.2) is 11.9 Å². The molecule has 0 saturated carbocycles. The van der Waals surface area contributed by atoms with E-state index in [0.29, 0.717) is 5.76 Å². The zero-order valence-electron chi connectivity index (χ0n) is 13.3. The molecule has 1 aromatic heterocycles. The second-order valence-electron chi connectivity index (χ2n) is 5.88. The van der Waals surface area contributed by atoms with E-state index < -0.39 is 0 Å². The highest BCUT2D eigenvalue weighted by atomic mass is 16.3. The van der Waals surface area contributed by atoms with Gasteiger partial charge in [0.15, 0.2) is 5.76 Å². The fourth-order valence-electron chi connectivity index (χ4n) is 2.96. The molecular formula is C19H21NO2. The first-order chi connectivity index (χ1) is 10.6. The molecule has 0 spiro atoms. The maximum absolute atomic E-state index is 12.5. The van der Waals surface area contributed by atoms with Crippen LogP contribution in [0.25, 0.3) is 21.7 Å². The number of benzene rings is 2. The molecular weight excluding hydrogens is 274 g/mol. The number of hydrogen-bond acceptors (Lipinski definition) is 2. The van der Waals surface area contributed by atoms with Crippen molar-refractivity contribution in [2.24, 2.45) is 0 Å². The van der Waals surface area contributed by atoms with Gasteiger partial charge in [0.05, 0.1) is 0 Å². The van der Waals surface area contributed by atoms with Gasteiger partial charge in [-0.3, -0.25) is 4.79 Å². The third kappa shape index (κ3) is 2.47. The number of fused-ring (bicyclic) bond motifs is 3. The summed E-state index contributed by atoms with van der Waals surface area (Å²) in [4.78, 5) is 12.5. The second kappa shape index (κ2) is 5.84. The Bertz CT molecular complexity index is 832. The number of carbonyl (C=O) groups is 1. The summed E-state index contributed by atoms with van der Waals surface area (Å²) in [6.45, 7) is 6.08. The molecule has 3 nitrogen and oxygen atoms in total. The summed E-state index contributed by atoms with van der Waals surface area (Å²) in [6, 6.07) is 12.3. The van der Waals surface area contributed by atoms with Crippen molar-refractivity contribution in [3.05, 3.63) is 47.7 Å². The van der Waals surface area contributed by atoms with Crippen molar-refractivity contribution in [2.75, 3.05) is 0 Å². The van der Waals surface area contributed by atoms with E-state index in [1.165, 1.54) is 0 Å². The number of rotatable bonds is 4. The van der Waals surface area contributed by atoms with Gasteiger partial charge in [-0.2, -0.15) is 0 Å². The van der Waals surface area contributed by atoms with Crippen molar-refractivity contribution >= 4 is 27.6 Å². The van der Waals surface area contributed by atoms with E-state index in [2.05, 4.69) is 24.4 Å². The molecule has 1 amide bonds. The van der Waals surface area contributed by atoms with Crippen LogP contribution in [0.5, 0.6) is 0 Å². The van der Waals surface area contributed by atoms with Crippen LogP contribution in [0, 0.1) is 6.92 Å². The van der Waals surface area contributed by atoms with Gasteiger partial charge in [0.25, 0.3) is 5.91 Å². The molecule has 0 saturated heterocycles. The van der Waals surface area contributed by atoms with Gasteiger partial charge in [0, 0.05) is 22.4 Å². The minimum atomic E-state index is -0.126. The molecule has 1 N–H and O–H groups in total. The largest absolute Gasteiger partial charge is 0.450 e. The highest BCUT2D eigenvalue weighted by molar-refractivity contribution is 6.08. The van der Waals surface area contributed by atoms with Crippen molar-refractivity contribution in [1.29, 1.82) is 0 Å². The molecule has 1 heterocycles. The SMILES string of the molecule is CCC[C@H](C)NC(=O)c1oc2c(ccc3ccccc32)c1C. The van der Waals surface area contributed by atoms with Crippen LogP contribution < -0.4 is 5.32 Å². The van der Waals surface area contributed by atoms with E-state index in [1.54, 1.807) is 0 Å². The average molecular weight is 295 g/mol.